The van der Waals surface area contributed by atoms with Crippen molar-refractivity contribution in [1.29, 1.82) is 0 Å². The fourth-order valence-corrected chi connectivity index (χ4v) is 1.90. The molecule has 5 heteroatoms. The van der Waals surface area contributed by atoms with Crippen LogP contribution in [0.1, 0.15) is 17.4 Å². The number of phenolic OH excluding ortho intramolecular Hbond substituents is 1. The molecule has 1 unspecified atom stereocenters. The van der Waals surface area contributed by atoms with E-state index >= 15 is 0 Å². The standard InChI is InChI=1S/C13H11NO3S/c15-11-7-2-1-5-9(11)12(16)13(18)10-6-3-4-8-14(10)17/h1-8,12,15-16H. The van der Waals surface area contributed by atoms with Crippen LogP contribution in [0.4, 0.5) is 0 Å². The topological polar surface area (TPSA) is 67.4 Å². The Morgan fingerprint density at radius 1 is 1.17 bits per heavy atom. The summed E-state index contributed by atoms with van der Waals surface area (Å²) >= 11 is 5.09. The first-order chi connectivity index (χ1) is 8.61. The predicted molar refractivity (Wildman–Crippen MR) is 70.2 cm³/mol. The highest BCUT2D eigenvalue weighted by atomic mass is 32.1. The van der Waals surface area contributed by atoms with Crippen LogP contribution >= 0.6 is 12.2 Å². The van der Waals surface area contributed by atoms with Gasteiger partial charge < -0.3 is 15.4 Å². The molecule has 1 aromatic carbocycles. The van der Waals surface area contributed by atoms with Gasteiger partial charge in [-0.2, -0.15) is 4.73 Å². The summed E-state index contributed by atoms with van der Waals surface area (Å²) in [5.41, 5.74) is 0.481. The first-order valence-corrected chi connectivity index (χ1v) is 5.70. The van der Waals surface area contributed by atoms with Crippen molar-refractivity contribution in [1.82, 2.24) is 0 Å². The lowest BCUT2D eigenvalue weighted by Crippen LogP contribution is -2.35. The molecule has 1 heterocycles. The summed E-state index contributed by atoms with van der Waals surface area (Å²) in [4.78, 5) is 0.0760. The normalized spacial score (nSPS) is 12.1. The van der Waals surface area contributed by atoms with E-state index in [0.717, 1.165) is 0 Å². The van der Waals surface area contributed by atoms with Crippen LogP contribution in [0.5, 0.6) is 5.75 Å². The number of hydrogen-bond acceptors (Lipinski definition) is 4. The van der Waals surface area contributed by atoms with Crippen LogP contribution < -0.4 is 4.73 Å². The van der Waals surface area contributed by atoms with E-state index in [4.69, 9.17) is 12.2 Å². The van der Waals surface area contributed by atoms with E-state index in [9.17, 15) is 15.4 Å². The Labute approximate surface area is 109 Å². The Morgan fingerprint density at radius 2 is 1.83 bits per heavy atom. The van der Waals surface area contributed by atoms with Gasteiger partial charge in [-0.1, -0.05) is 30.4 Å². The summed E-state index contributed by atoms with van der Waals surface area (Å²) in [5, 5.41) is 31.3. The van der Waals surface area contributed by atoms with Crippen molar-refractivity contribution in [2.24, 2.45) is 0 Å². The molecule has 18 heavy (non-hydrogen) atoms. The molecule has 1 aromatic heterocycles. The first-order valence-electron chi connectivity index (χ1n) is 5.29. The number of thiocarbonyl (C=S) groups is 1. The number of aromatic nitrogens is 1. The van der Waals surface area contributed by atoms with E-state index in [1.807, 2.05) is 0 Å². The van der Waals surface area contributed by atoms with Crippen LogP contribution in [0.15, 0.2) is 48.7 Å². The van der Waals surface area contributed by atoms with Gasteiger partial charge in [0.15, 0.2) is 6.20 Å². The van der Waals surface area contributed by atoms with Gasteiger partial charge in [0.25, 0.3) is 0 Å². The lowest BCUT2D eigenvalue weighted by atomic mass is 10.0. The average molecular weight is 261 g/mol. The van der Waals surface area contributed by atoms with Crippen molar-refractivity contribution >= 4 is 17.1 Å². The maximum absolute atomic E-state index is 11.5. The number of nitrogens with zero attached hydrogens (tertiary/aromatic N) is 1. The molecule has 2 N–H and O–H groups in total. The first kappa shape index (κ1) is 12.5. The predicted octanol–water partition coefficient (Wildman–Crippen LogP) is 1.48. The quantitative estimate of drug-likeness (QED) is 0.380. The summed E-state index contributed by atoms with van der Waals surface area (Å²) in [6.07, 6.45) is 0.114. The van der Waals surface area contributed by atoms with Crippen molar-refractivity contribution in [3.63, 3.8) is 0 Å². The molecule has 92 valence electrons. The number of benzene rings is 1. The number of aromatic hydroxyl groups is 1. The van der Waals surface area contributed by atoms with Crippen LogP contribution in [0.25, 0.3) is 0 Å². The fourth-order valence-electron chi connectivity index (χ4n) is 1.62. The molecule has 0 amide bonds. The van der Waals surface area contributed by atoms with Crippen molar-refractivity contribution in [3.05, 3.63) is 65.1 Å². The molecule has 4 nitrogen and oxygen atoms in total. The number of para-hydroxylation sites is 1. The van der Waals surface area contributed by atoms with Gasteiger partial charge in [-0.05, 0) is 12.1 Å². The molecule has 0 saturated heterocycles. The van der Waals surface area contributed by atoms with E-state index in [1.165, 1.54) is 18.3 Å². The van der Waals surface area contributed by atoms with E-state index < -0.39 is 6.10 Å². The zero-order chi connectivity index (χ0) is 13.1. The molecule has 0 radical (unpaired) electrons. The van der Waals surface area contributed by atoms with Gasteiger partial charge in [-0.25, -0.2) is 0 Å². The highest BCUT2D eigenvalue weighted by molar-refractivity contribution is 7.80. The second-order valence-electron chi connectivity index (χ2n) is 3.74. The molecule has 0 aliphatic rings. The molecule has 2 aromatic rings. The number of phenols is 1. The van der Waals surface area contributed by atoms with Crippen molar-refractivity contribution in [3.8, 4) is 5.75 Å². The third kappa shape index (κ3) is 2.32. The smallest absolute Gasteiger partial charge is 0.233 e. The maximum Gasteiger partial charge on any atom is 0.233 e. The minimum absolute atomic E-state index is 0.0549. The van der Waals surface area contributed by atoms with Crippen molar-refractivity contribution in [2.45, 2.75) is 6.10 Å². The summed E-state index contributed by atoms with van der Waals surface area (Å²) in [7, 11) is 0. The Bertz CT molecular complexity index is 586. The Hall–Kier alpha value is -1.98. The van der Waals surface area contributed by atoms with Crippen LogP contribution in [0.2, 0.25) is 0 Å². The third-order valence-corrected chi connectivity index (χ3v) is 2.99. The summed E-state index contributed by atoms with van der Waals surface area (Å²) < 4.78 is 0.589. The molecule has 0 aliphatic carbocycles. The second kappa shape index (κ2) is 5.12. The molecule has 0 fully saturated rings. The number of aliphatic hydroxyl groups is 1. The van der Waals surface area contributed by atoms with Crippen LogP contribution in [-0.2, 0) is 0 Å². The lowest BCUT2D eigenvalue weighted by Gasteiger charge is -2.13. The van der Waals surface area contributed by atoms with Crippen LogP contribution in [0, 0.1) is 5.21 Å². The Kier molecular flexibility index (Phi) is 3.55. The molecule has 0 aliphatic heterocycles. The zero-order valence-electron chi connectivity index (χ0n) is 9.35. The van der Waals surface area contributed by atoms with Crippen molar-refractivity contribution in [2.75, 3.05) is 0 Å². The minimum Gasteiger partial charge on any atom is -0.618 e. The molecule has 0 spiro atoms. The van der Waals surface area contributed by atoms with Crippen LogP contribution in [-0.4, -0.2) is 15.1 Å². The monoisotopic (exact) mass is 261 g/mol. The number of aliphatic hydroxyl groups excluding tert-OH is 1. The molecule has 2 rings (SSSR count). The van der Waals surface area contributed by atoms with Gasteiger partial charge >= 0.3 is 0 Å². The largest absolute Gasteiger partial charge is 0.618 e. The Morgan fingerprint density at radius 3 is 2.50 bits per heavy atom. The molecule has 0 bridgehead atoms. The summed E-state index contributed by atoms with van der Waals surface area (Å²) in [5.74, 6) is -0.0549. The van der Waals surface area contributed by atoms with Gasteiger partial charge in [0.05, 0.1) is 0 Å². The van der Waals surface area contributed by atoms with E-state index in [2.05, 4.69) is 0 Å². The van der Waals surface area contributed by atoms with E-state index in [1.54, 1.807) is 30.3 Å². The zero-order valence-corrected chi connectivity index (χ0v) is 10.2. The highest BCUT2D eigenvalue weighted by Gasteiger charge is 2.23. The molecular formula is C13H11NO3S. The fraction of sp³-hybridized carbons (Fsp3) is 0.0769. The summed E-state index contributed by atoms with van der Waals surface area (Å²) in [6.45, 7) is 0. The average Bonchev–Trinajstić information content (AvgIpc) is 2.38. The van der Waals surface area contributed by atoms with Gasteiger partial charge in [0.2, 0.25) is 5.69 Å². The number of pyridine rings is 1. The maximum atomic E-state index is 11.5. The molecular weight excluding hydrogens is 250 g/mol. The second-order valence-corrected chi connectivity index (χ2v) is 4.18. The van der Waals surface area contributed by atoms with E-state index in [-0.39, 0.29) is 21.9 Å². The summed E-state index contributed by atoms with van der Waals surface area (Å²) in [6, 6.07) is 11.1. The number of rotatable bonds is 3. The Balaban J connectivity index is 2.36. The third-order valence-electron chi connectivity index (χ3n) is 2.56. The SMILES string of the molecule is [O-][n+]1ccccc1C(=S)C(O)c1ccccc1O. The van der Waals surface area contributed by atoms with Gasteiger partial charge in [0, 0.05) is 17.7 Å². The highest BCUT2D eigenvalue weighted by Crippen LogP contribution is 2.26. The van der Waals surface area contributed by atoms with Gasteiger partial charge in [0.1, 0.15) is 16.7 Å². The lowest BCUT2D eigenvalue weighted by molar-refractivity contribution is -0.606. The number of hydrogen-bond donors (Lipinski definition) is 2. The van der Waals surface area contributed by atoms with E-state index in [0.29, 0.717) is 4.73 Å². The molecule has 0 saturated carbocycles. The van der Waals surface area contributed by atoms with Gasteiger partial charge in [-0.3, -0.25) is 0 Å². The van der Waals surface area contributed by atoms with Crippen LogP contribution in [0.3, 0.4) is 0 Å². The molecule has 1 atom stereocenters. The minimum atomic E-state index is -1.19. The van der Waals surface area contributed by atoms with Gasteiger partial charge in [-0.15, -0.1) is 0 Å². The van der Waals surface area contributed by atoms with Crippen molar-refractivity contribution < 1.29 is 14.9 Å².